The quantitative estimate of drug-likeness (QED) is 0.638. The summed E-state index contributed by atoms with van der Waals surface area (Å²) in [6, 6.07) is 9.20. The molecule has 2 nitrogen and oxygen atoms in total. The Hall–Kier alpha value is -0.610. The lowest BCUT2D eigenvalue weighted by atomic mass is 10.2. The van der Waals surface area contributed by atoms with Crippen LogP contribution in [0, 0.1) is 0 Å². The van der Waals surface area contributed by atoms with E-state index in [1.807, 2.05) is 30.3 Å². The van der Waals surface area contributed by atoms with E-state index in [-0.39, 0.29) is 0 Å². The van der Waals surface area contributed by atoms with Crippen LogP contribution in [0.1, 0.15) is 5.56 Å². The van der Waals surface area contributed by atoms with Gasteiger partial charge in [-0.1, -0.05) is 40.9 Å². The van der Waals surface area contributed by atoms with Crippen LogP contribution in [0.5, 0.6) is 5.75 Å². The van der Waals surface area contributed by atoms with Crippen LogP contribution in [0.3, 0.4) is 0 Å². The van der Waals surface area contributed by atoms with E-state index < -0.39 is 0 Å². The minimum Gasteiger partial charge on any atom is -0.496 e. The van der Waals surface area contributed by atoms with Crippen molar-refractivity contribution in [1.29, 1.82) is 0 Å². The molecule has 1 N–H and O–H groups in total. The topological polar surface area (TPSA) is 21.3 Å². The summed E-state index contributed by atoms with van der Waals surface area (Å²) in [4.78, 5) is 0. The molecule has 0 heterocycles. The van der Waals surface area contributed by atoms with E-state index in [9.17, 15) is 0 Å². The predicted molar refractivity (Wildman–Crippen MR) is 89.5 cm³/mol. The molecule has 2 aromatic carbocycles. The summed E-state index contributed by atoms with van der Waals surface area (Å²) in [5.74, 6) is 0.726. The maximum absolute atomic E-state index is 6.19. The highest BCUT2D eigenvalue weighted by Crippen LogP contribution is 2.36. The van der Waals surface area contributed by atoms with Gasteiger partial charge in [-0.3, -0.25) is 0 Å². The molecule has 2 rings (SSSR count). The van der Waals surface area contributed by atoms with Gasteiger partial charge in [0.1, 0.15) is 5.75 Å². The van der Waals surface area contributed by atoms with Crippen molar-refractivity contribution in [2.45, 2.75) is 6.54 Å². The number of nitrogens with one attached hydrogen (secondary N) is 1. The van der Waals surface area contributed by atoms with Crippen LogP contribution in [-0.4, -0.2) is 7.11 Å². The molecule has 0 atom stereocenters. The number of ether oxygens (including phenoxy) is 1. The van der Waals surface area contributed by atoms with Gasteiger partial charge in [0, 0.05) is 21.6 Å². The molecule has 20 heavy (non-hydrogen) atoms. The average molecular weight is 396 g/mol. The average Bonchev–Trinajstić information content (AvgIpc) is 2.45. The molecule has 0 spiro atoms. The zero-order valence-corrected chi connectivity index (χ0v) is 14.4. The standard InChI is InChI=1S/C14H11BrCl3NO/c1-20-12-4-2-3-10(16)8(12)7-19-11-6-5-9(15)13(17)14(11)18/h2-6,19H,7H2,1H3. The molecule has 0 unspecified atom stereocenters. The summed E-state index contributed by atoms with van der Waals surface area (Å²) in [5.41, 5.74) is 1.61. The lowest BCUT2D eigenvalue weighted by Gasteiger charge is -2.14. The minimum atomic E-state index is 0.465. The molecule has 0 fully saturated rings. The number of methoxy groups -OCH3 is 1. The van der Waals surface area contributed by atoms with Crippen molar-refractivity contribution >= 4 is 56.4 Å². The number of benzene rings is 2. The smallest absolute Gasteiger partial charge is 0.125 e. The third-order valence-electron chi connectivity index (χ3n) is 2.79. The molecule has 2 aromatic rings. The van der Waals surface area contributed by atoms with Crippen molar-refractivity contribution in [2.75, 3.05) is 12.4 Å². The van der Waals surface area contributed by atoms with Gasteiger partial charge in [0.2, 0.25) is 0 Å². The van der Waals surface area contributed by atoms with Crippen LogP contribution >= 0.6 is 50.7 Å². The molecular formula is C14H11BrCl3NO. The van der Waals surface area contributed by atoms with Crippen molar-refractivity contribution in [3.63, 3.8) is 0 Å². The highest BCUT2D eigenvalue weighted by atomic mass is 79.9. The number of halogens is 4. The lowest BCUT2D eigenvalue weighted by Crippen LogP contribution is -2.03. The molecular weight excluding hydrogens is 384 g/mol. The molecule has 0 aliphatic carbocycles. The molecule has 0 saturated carbocycles. The summed E-state index contributed by atoms with van der Waals surface area (Å²) < 4.78 is 6.05. The van der Waals surface area contributed by atoms with Crippen molar-refractivity contribution in [1.82, 2.24) is 0 Å². The van der Waals surface area contributed by atoms with E-state index in [1.54, 1.807) is 7.11 Å². The predicted octanol–water partition coefficient (Wildman–Crippen LogP) is 6.03. The summed E-state index contributed by atoms with van der Waals surface area (Å²) >= 11 is 21.8. The first kappa shape index (κ1) is 15.8. The largest absolute Gasteiger partial charge is 0.496 e. The fourth-order valence-electron chi connectivity index (χ4n) is 1.75. The SMILES string of the molecule is COc1cccc(Cl)c1CNc1ccc(Br)c(Cl)c1Cl. The molecule has 0 bridgehead atoms. The Morgan fingerprint density at radius 3 is 2.55 bits per heavy atom. The Morgan fingerprint density at radius 1 is 1.10 bits per heavy atom. The molecule has 0 saturated heterocycles. The Labute approximate surface area is 141 Å². The van der Waals surface area contributed by atoms with E-state index in [4.69, 9.17) is 39.5 Å². The van der Waals surface area contributed by atoms with Gasteiger partial charge in [0.05, 0.1) is 22.8 Å². The summed E-state index contributed by atoms with van der Waals surface area (Å²) in [6.07, 6.45) is 0. The second-order valence-corrected chi connectivity index (χ2v) is 6.01. The fraction of sp³-hybridized carbons (Fsp3) is 0.143. The van der Waals surface area contributed by atoms with E-state index in [0.29, 0.717) is 21.6 Å². The Balaban J connectivity index is 2.24. The van der Waals surface area contributed by atoms with Crippen molar-refractivity contribution in [3.05, 3.63) is 55.4 Å². The third kappa shape index (κ3) is 3.34. The molecule has 6 heteroatoms. The fourth-order valence-corrected chi connectivity index (χ4v) is 2.82. The Morgan fingerprint density at radius 2 is 1.85 bits per heavy atom. The number of rotatable bonds is 4. The molecule has 0 amide bonds. The van der Waals surface area contributed by atoms with E-state index in [1.165, 1.54) is 0 Å². The monoisotopic (exact) mass is 393 g/mol. The summed E-state index contributed by atoms with van der Waals surface area (Å²) in [5, 5.41) is 4.79. The van der Waals surface area contributed by atoms with Crippen molar-refractivity contribution < 1.29 is 4.74 Å². The highest BCUT2D eigenvalue weighted by Gasteiger charge is 2.11. The minimum absolute atomic E-state index is 0.465. The molecule has 0 aromatic heterocycles. The summed E-state index contributed by atoms with van der Waals surface area (Å²) in [6.45, 7) is 0.487. The van der Waals surface area contributed by atoms with Crippen molar-refractivity contribution in [2.24, 2.45) is 0 Å². The van der Waals surface area contributed by atoms with Gasteiger partial charge in [-0.15, -0.1) is 0 Å². The number of hydrogen-bond donors (Lipinski definition) is 1. The number of hydrogen-bond acceptors (Lipinski definition) is 2. The first-order valence-electron chi connectivity index (χ1n) is 5.73. The maximum Gasteiger partial charge on any atom is 0.125 e. The van der Waals surface area contributed by atoms with E-state index >= 15 is 0 Å². The lowest BCUT2D eigenvalue weighted by molar-refractivity contribution is 0.410. The second-order valence-electron chi connectivity index (χ2n) is 4.00. The van der Waals surface area contributed by atoms with Gasteiger partial charge in [0.25, 0.3) is 0 Å². The van der Waals surface area contributed by atoms with Gasteiger partial charge >= 0.3 is 0 Å². The van der Waals surface area contributed by atoms with Crippen LogP contribution in [0.15, 0.2) is 34.8 Å². The van der Waals surface area contributed by atoms with Gasteiger partial charge in [-0.25, -0.2) is 0 Å². The molecule has 106 valence electrons. The van der Waals surface area contributed by atoms with Gasteiger partial charge in [-0.2, -0.15) is 0 Å². The maximum atomic E-state index is 6.19. The second kappa shape index (κ2) is 6.90. The van der Waals surface area contributed by atoms with Crippen LogP contribution in [0.4, 0.5) is 5.69 Å². The normalized spacial score (nSPS) is 10.4. The zero-order chi connectivity index (χ0) is 14.7. The first-order valence-corrected chi connectivity index (χ1v) is 7.66. The van der Waals surface area contributed by atoms with Gasteiger partial charge < -0.3 is 10.1 Å². The van der Waals surface area contributed by atoms with E-state index in [2.05, 4.69) is 21.2 Å². The summed E-state index contributed by atoms with van der Waals surface area (Å²) in [7, 11) is 1.61. The zero-order valence-electron chi connectivity index (χ0n) is 10.5. The van der Waals surface area contributed by atoms with Crippen LogP contribution in [0.2, 0.25) is 15.1 Å². The Bertz CT molecular complexity index is 634. The van der Waals surface area contributed by atoms with Crippen LogP contribution < -0.4 is 10.1 Å². The molecule has 0 radical (unpaired) electrons. The van der Waals surface area contributed by atoms with Crippen LogP contribution in [0.25, 0.3) is 0 Å². The molecule has 0 aliphatic rings. The van der Waals surface area contributed by atoms with E-state index in [0.717, 1.165) is 21.5 Å². The number of anilines is 1. The highest BCUT2D eigenvalue weighted by molar-refractivity contribution is 9.10. The first-order chi connectivity index (χ1) is 9.54. The van der Waals surface area contributed by atoms with Gasteiger partial charge in [0.15, 0.2) is 0 Å². The molecule has 0 aliphatic heterocycles. The van der Waals surface area contributed by atoms with Crippen molar-refractivity contribution in [3.8, 4) is 5.75 Å². The Kier molecular flexibility index (Phi) is 5.44. The van der Waals surface area contributed by atoms with Crippen LogP contribution in [-0.2, 0) is 6.54 Å². The van der Waals surface area contributed by atoms with Gasteiger partial charge in [-0.05, 0) is 40.2 Å². The third-order valence-corrected chi connectivity index (χ3v) is 4.91.